The number of hydrogen-bond donors (Lipinski definition) is 5. The Labute approximate surface area is 395 Å². The maximum atomic E-state index is 11.9. The van der Waals surface area contributed by atoms with Crippen LogP contribution in [0.3, 0.4) is 0 Å². The number of anilines is 2. The molecule has 353 valence electrons. The molecule has 0 bridgehead atoms. The minimum absolute atomic E-state index is 0. The molecule has 0 saturated carbocycles. The summed E-state index contributed by atoms with van der Waals surface area (Å²) in [5, 5.41) is 31.3. The van der Waals surface area contributed by atoms with Gasteiger partial charge < -0.3 is 30.9 Å². The van der Waals surface area contributed by atoms with E-state index >= 15 is 0 Å². The number of rotatable bonds is 42. The van der Waals surface area contributed by atoms with Gasteiger partial charge in [-0.2, -0.15) is 0 Å². The Balaban J connectivity index is -0.00000200. The Morgan fingerprint density at radius 2 is 0.883 bits per heavy atom. The molecule has 1 radical (unpaired) electrons. The van der Waals surface area contributed by atoms with Crippen LogP contribution in [0, 0.1) is 5.92 Å². The van der Waals surface area contributed by atoms with Gasteiger partial charge in [-0.3, -0.25) is 14.4 Å². The average Bonchev–Trinajstić information content (AvgIpc) is 3.24. The number of unbranched alkanes of at least 4 members (excludes halogenated alkanes) is 22. The van der Waals surface area contributed by atoms with Gasteiger partial charge in [0.2, 0.25) is 0 Å². The SMILES string of the molecule is CCCCCCCCC(CCCCCCCC)CCCCCCCN(CCCCCC(O)CC)CCCNc1c(NC)c(=O)c1=O.CCCCCCCCCO.O=CO.[Y]. The quantitative estimate of drug-likeness (QED) is 0.0246. The van der Waals surface area contributed by atoms with Gasteiger partial charge in [0.15, 0.2) is 0 Å². The van der Waals surface area contributed by atoms with Crippen molar-refractivity contribution in [1.82, 2.24) is 4.90 Å². The van der Waals surface area contributed by atoms with Crippen molar-refractivity contribution in [1.29, 1.82) is 0 Å². The fraction of sp³-hybridized carbons (Fsp3) is 0.900. The molecule has 0 aromatic heterocycles. The number of hydrogen-bond acceptors (Lipinski definition) is 8. The van der Waals surface area contributed by atoms with Crippen molar-refractivity contribution in [2.45, 2.75) is 246 Å². The van der Waals surface area contributed by atoms with Crippen molar-refractivity contribution >= 4 is 17.8 Å². The van der Waals surface area contributed by atoms with Crippen LogP contribution in [0.2, 0.25) is 0 Å². The fourth-order valence-corrected chi connectivity index (χ4v) is 7.97. The van der Waals surface area contributed by atoms with Crippen LogP contribution in [0.4, 0.5) is 11.4 Å². The average molecular weight is 927 g/mol. The van der Waals surface area contributed by atoms with Crippen LogP contribution in [0.5, 0.6) is 0 Å². The second-order valence-electron chi connectivity index (χ2n) is 17.2. The first-order valence-electron chi connectivity index (χ1n) is 25.1. The van der Waals surface area contributed by atoms with Crippen LogP contribution in [-0.2, 0) is 37.5 Å². The van der Waals surface area contributed by atoms with Crippen LogP contribution >= 0.6 is 0 Å². The Morgan fingerprint density at radius 3 is 1.30 bits per heavy atom. The number of aliphatic hydroxyl groups excluding tert-OH is 2. The van der Waals surface area contributed by atoms with Crippen LogP contribution in [0.15, 0.2) is 9.59 Å². The van der Waals surface area contributed by atoms with Gasteiger partial charge >= 0.3 is 0 Å². The molecule has 10 heteroatoms. The van der Waals surface area contributed by atoms with Crippen LogP contribution in [0.25, 0.3) is 0 Å². The maximum Gasteiger partial charge on any atom is 0.290 e. The molecule has 9 nitrogen and oxygen atoms in total. The molecule has 0 fully saturated rings. The fourth-order valence-electron chi connectivity index (χ4n) is 7.97. The summed E-state index contributed by atoms with van der Waals surface area (Å²) in [6, 6.07) is 0. The Kier molecular flexibility index (Phi) is 53.7. The van der Waals surface area contributed by atoms with E-state index < -0.39 is 10.9 Å². The van der Waals surface area contributed by atoms with Gasteiger partial charge in [0.1, 0.15) is 11.4 Å². The molecule has 0 aliphatic heterocycles. The first-order chi connectivity index (χ1) is 28.8. The summed E-state index contributed by atoms with van der Waals surface area (Å²) in [6.45, 7) is 13.0. The Hall–Kier alpha value is -0.866. The van der Waals surface area contributed by atoms with E-state index in [1.807, 2.05) is 6.92 Å². The molecule has 0 aliphatic rings. The number of carboxylic acid groups (broad SMARTS) is 1. The van der Waals surface area contributed by atoms with Gasteiger partial charge in [-0.15, -0.1) is 0 Å². The molecular formula is C50H99N3O6Y. The van der Waals surface area contributed by atoms with Crippen molar-refractivity contribution in [2.24, 2.45) is 5.92 Å². The Morgan fingerprint density at radius 1 is 0.533 bits per heavy atom. The van der Waals surface area contributed by atoms with Crippen molar-refractivity contribution in [3.8, 4) is 0 Å². The zero-order valence-corrected chi connectivity index (χ0v) is 43.0. The molecular weight excluding hydrogens is 827 g/mol. The van der Waals surface area contributed by atoms with Gasteiger partial charge in [0.05, 0.1) is 6.10 Å². The zero-order valence-electron chi connectivity index (χ0n) is 40.2. The predicted molar refractivity (Wildman–Crippen MR) is 256 cm³/mol. The van der Waals surface area contributed by atoms with Gasteiger partial charge in [-0.25, -0.2) is 0 Å². The van der Waals surface area contributed by atoms with Crippen LogP contribution in [-0.4, -0.2) is 72.6 Å². The number of aliphatic hydroxyl groups is 2. The van der Waals surface area contributed by atoms with Crippen molar-refractivity contribution in [2.75, 3.05) is 50.5 Å². The van der Waals surface area contributed by atoms with E-state index in [9.17, 15) is 14.7 Å². The van der Waals surface area contributed by atoms with Gasteiger partial charge in [-0.1, -0.05) is 201 Å². The van der Waals surface area contributed by atoms with Crippen molar-refractivity contribution in [3.63, 3.8) is 0 Å². The third-order valence-corrected chi connectivity index (χ3v) is 11.9. The molecule has 1 unspecified atom stereocenters. The standard InChI is InChI=1S/C40H77N3O3.C9H20O.CH2O2.Y/c1-5-8-10-12-15-20-27-35(28-21-16-13-11-9-6-2)29-22-17-14-18-24-32-43(33-25-19-23-30-36(44)7-3)34-26-31-42-38-37(41-4)39(45)40(38)46;1-2-3-4-5-6-7-8-9-10;2-1-3;/h35-36,41-42,44H,5-34H2,1-4H3;10H,2-9H2,1H3;1H,(H,2,3);. The molecule has 0 saturated heterocycles. The smallest absolute Gasteiger partial charge is 0.290 e. The van der Waals surface area contributed by atoms with E-state index in [0.717, 1.165) is 57.7 Å². The molecule has 1 atom stereocenters. The van der Waals surface area contributed by atoms with Gasteiger partial charge in [0.25, 0.3) is 17.3 Å². The summed E-state index contributed by atoms with van der Waals surface area (Å²) >= 11 is 0. The van der Waals surface area contributed by atoms with E-state index in [4.69, 9.17) is 15.0 Å². The molecule has 0 aliphatic carbocycles. The number of carbonyl (C=O) groups is 1. The third kappa shape index (κ3) is 39.9. The third-order valence-electron chi connectivity index (χ3n) is 11.9. The molecule has 0 heterocycles. The van der Waals surface area contributed by atoms with Crippen molar-refractivity contribution < 1.29 is 52.8 Å². The molecule has 1 aromatic rings. The number of nitrogens with one attached hydrogen (secondary N) is 2. The molecule has 5 N–H and O–H groups in total. The summed E-state index contributed by atoms with van der Waals surface area (Å²) in [4.78, 5) is 34.5. The first-order valence-corrected chi connectivity index (χ1v) is 25.1. The largest absolute Gasteiger partial charge is 0.483 e. The summed E-state index contributed by atoms with van der Waals surface area (Å²) in [5.41, 5.74) is 0.0690. The van der Waals surface area contributed by atoms with E-state index in [0.29, 0.717) is 24.5 Å². The van der Waals surface area contributed by atoms with Gasteiger partial charge in [0, 0.05) is 52.9 Å². The van der Waals surface area contributed by atoms with E-state index in [2.05, 4.69) is 36.3 Å². The minimum Gasteiger partial charge on any atom is -0.483 e. The normalized spacial score (nSPS) is 11.5. The Bertz CT molecular complexity index is 1050. The second-order valence-corrected chi connectivity index (χ2v) is 17.2. The molecule has 1 aromatic carbocycles. The van der Waals surface area contributed by atoms with E-state index in [1.54, 1.807) is 7.05 Å². The van der Waals surface area contributed by atoms with Crippen LogP contribution in [0.1, 0.15) is 240 Å². The minimum atomic E-state index is -0.411. The predicted octanol–water partition coefficient (Wildman–Crippen LogP) is 12.6. The summed E-state index contributed by atoms with van der Waals surface area (Å²) in [7, 11) is 1.69. The molecule has 60 heavy (non-hydrogen) atoms. The summed E-state index contributed by atoms with van der Waals surface area (Å²) in [6.07, 6.45) is 42.9. The second kappa shape index (κ2) is 50.8. The number of nitrogens with zero attached hydrogens (tertiary/aromatic N) is 1. The van der Waals surface area contributed by atoms with Crippen LogP contribution < -0.4 is 21.5 Å². The van der Waals surface area contributed by atoms with E-state index in [1.165, 1.54) is 180 Å². The maximum absolute atomic E-state index is 11.9. The molecule has 1 rings (SSSR count). The van der Waals surface area contributed by atoms with E-state index in [-0.39, 0.29) is 45.3 Å². The monoisotopic (exact) mass is 927 g/mol. The summed E-state index contributed by atoms with van der Waals surface area (Å²) in [5.74, 6) is 0.952. The summed E-state index contributed by atoms with van der Waals surface area (Å²) < 4.78 is 0. The zero-order chi connectivity index (χ0) is 44.0. The topological polar surface area (TPSA) is 139 Å². The van der Waals surface area contributed by atoms with Gasteiger partial charge in [-0.05, 0) is 64.1 Å². The molecule has 0 spiro atoms. The first kappa shape index (κ1) is 63.4. The van der Waals surface area contributed by atoms with Crippen molar-refractivity contribution in [3.05, 3.63) is 20.4 Å². The molecule has 0 amide bonds.